The van der Waals surface area contributed by atoms with Crippen LogP contribution in [0.3, 0.4) is 0 Å². The Hall–Kier alpha value is -0.610. The molecule has 0 bridgehead atoms. The maximum absolute atomic E-state index is 11.9. The highest BCUT2D eigenvalue weighted by Gasteiger charge is 2.31. The summed E-state index contributed by atoms with van der Waals surface area (Å²) in [5.41, 5.74) is 0. The molecule has 1 heterocycles. The van der Waals surface area contributed by atoms with E-state index in [9.17, 15) is 4.79 Å². The van der Waals surface area contributed by atoms with Gasteiger partial charge in [0.2, 0.25) is 5.91 Å². The molecular formula is C12H22N2O2. The fourth-order valence-electron chi connectivity index (χ4n) is 2.34. The number of hydrogen-bond donors (Lipinski definition) is 2. The normalized spacial score (nSPS) is 31.4. The predicted molar refractivity (Wildman–Crippen MR) is 62.2 cm³/mol. The Morgan fingerprint density at radius 3 is 2.88 bits per heavy atom. The van der Waals surface area contributed by atoms with E-state index in [1.807, 2.05) is 0 Å². The first kappa shape index (κ1) is 11.9. The van der Waals surface area contributed by atoms with Gasteiger partial charge in [-0.25, -0.2) is 0 Å². The summed E-state index contributed by atoms with van der Waals surface area (Å²) in [4.78, 5) is 11.9. The van der Waals surface area contributed by atoms with Crippen LogP contribution in [-0.4, -0.2) is 37.7 Å². The smallest absolute Gasteiger partial charge is 0.237 e. The van der Waals surface area contributed by atoms with Crippen molar-refractivity contribution in [2.75, 3.05) is 13.7 Å². The quantitative estimate of drug-likeness (QED) is 0.724. The van der Waals surface area contributed by atoms with Gasteiger partial charge in [0.15, 0.2) is 0 Å². The van der Waals surface area contributed by atoms with Crippen LogP contribution in [0.5, 0.6) is 0 Å². The molecule has 1 saturated carbocycles. The summed E-state index contributed by atoms with van der Waals surface area (Å²) in [6.07, 6.45) is 4.79. The minimum atomic E-state index is -0.0633. The second-order valence-electron chi connectivity index (χ2n) is 5.14. The molecule has 1 aliphatic carbocycles. The number of rotatable bonds is 5. The lowest BCUT2D eigenvalue weighted by molar-refractivity contribution is -0.123. The highest BCUT2D eigenvalue weighted by Crippen LogP contribution is 2.33. The van der Waals surface area contributed by atoms with Gasteiger partial charge in [-0.05, 0) is 25.7 Å². The van der Waals surface area contributed by atoms with Gasteiger partial charge in [0.1, 0.15) is 0 Å². The van der Waals surface area contributed by atoms with Crippen LogP contribution in [0, 0.1) is 5.92 Å². The molecule has 3 atom stereocenters. The largest absolute Gasteiger partial charge is 0.380 e. The first-order valence-corrected chi connectivity index (χ1v) is 6.25. The summed E-state index contributed by atoms with van der Waals surface area (Å²) in [5, 5.41) is 6.28. The van der Waals surface area contributed by atoms with Crippen molar-refractivity contribution in [1.82, 2.24) is 10.6 Å². The molecule has 1 amide bonds. The lowest BCUT2D eigenvalue weighted by Gasteiger charge is -2.17. The van der Waals surface area contributed by atoms with E-state index in [-0.39, 0.29) is 18.1 Å². The molecule has 2 aliphatic rings. The van der Waals surface area contributed by atoms with E-state index in [1.54, 1.807) is 7.11 Å². The van der Waals surface area contributed by atoms with E-state index in [0.717, 1.165) is 25.3 Å². The van der Waals surface area contributed by atoms with Crippen molar-refractivity contribution in [2.45, 2.75) is 50.8 Å². The molecule has 2 fully saturated rings. The highest BCUT2D eigenvalue weighted by atomic mass is 16.5. The second-order valence-corrected chi connectivity index (χ2v) is 5.14. The Morgan fingerprint density at radius 2 is 2.31 bits per heavy atom. The summed E-state index contributed by atoms with van der Waals surface area (Å²) in [6, 6.07) is 0.245. The summed E-state index contributed by atoms with van der Waals surface area (Å²) >= 11 is 0. The second kappa shape index (κ2) is 5.15. The molecule has 3 unspecified atom stereocenters. The average Bonchev–Trinajstić information content (AvgIpc) is 2.93. The van der Waals surface area contributed by atoms with Crippen LogP contribution in [0.4, 0.5) is 0 Å². The lowest BCUT2D eigenvalue weighted by Crippen LogP contribution is -2.44. The monoisotopic (exact) mass is 226 g/mol. The molecule has 4 heteroatoms. The van der Waals surface area contributed by atoms with E-state index in [4.69, 9.17) is 4.74 Å². The van der Waals surface area contributed by atoms with Crippen LogP contribution >= 0.6 is 0 Å². The van der Waals surface area contributed by atoms with Gasteiger partial charge in [-0.15, -0.1) is 0 Å². The third-order valence-corrected chi connectivity index (χ3v) is 3.51. The maximum atomic E-state index is 11.9. The Kier molecular flexibility index (Phi) is 3.82. The SMILES string of the molecule is COC1CNC(C(=O)NC(C)CC2CC2)C1. The Balaban J connectivity index is 1.70. The van der Waals surface area contributed by atoms with Gasteiger partial charge in [-0.1, -0.05) is 12.8 Å². The molecule has 0 spiro atoms. The van der Waals surface area contributed by atoms with E-state index in [0.29, 0.717) is 6.04 Å². The molecule has 0 aromatic rings. The van der Waals surface area contributed by atoms with E-state index in [1.165, 1.54) is 12.8 Å². The Labute approximate surface area is 97.1 Å². The van der Waals surface area contributed by atoms with Gasteiger partial charge in [0, 0.05) is 19.7 Å². The molecular weight excluding hydrogens is 204 g/mol. The van der Waals surface area contributed by atoms with Crippen LogP contribution in [0.25, 0.3) is 0 Å². The van der Waals surface area contributed by atoms with E-state index >= 15 is 0 Å². The molecule has 1 saturated heterocycles. The summed E-state index contributed by atoms with van der Waals surface area (Å²) in [7, 11) is 1.70. The first-order valence-electron chi connectivity index (χ1n) is 6.25. The number of ether oxygens (including phenoxy) is 1. The summed E-state index contributed by atoms with van der Waals surface area (Å²) in [5.74, 6) is 0.992. The zero-order valence-electron chi connectivity index (χ0n) is 10.2. The molecule has 0 aromatic heterocycles. The van der Waals surface area contributed by atoms with Crippen molar-refractivity contribution in [3.8, 4) is 0 Å². The van der Waals surface area contributed by atoms with Gasteiger partial charge in [0.25, 0.3) is 0 Å². The fraction of sp³-hybridized carbons (Fsp3) is 0.917. The lowest BCUT2D eigenvalue weighted by atomic mass is 10.1. The number of carbonyl (C=O) groups is 1. The molecule has 2 N–H and O–H groups in total. The molecule has 0 radical (unpaired) electrons. The maximum Gasteiger partial charge on any atom is 0.237 e. The third-order valence-electron chi connectivity index (χ3n) is 3.51. The van der Waals surface area contributed by atoms with Gasteiger partial charge >= 0.3 is 0 Å². The third kappa shape index (κ3) is 3.19. The molecule has 16 heavy (non-hydrogen) atoms. The molecule has 4 nitrogen and oxygen atoms in total. The summed E-state index contributed by atoms with van der Waals surface area (Å²) < 4.78 is 5.23. The van der Waals surface area contributed by atoms with Crippen LogP contribution in [0.2, 0.25) is 0 Å². The molecule has 2 rings (SSSR count). The zero-order valence-corrected chi connectivity index (χ0v) is 10.2. The Morgan fingerprint density at radius 1 is 1.56 bits per heavy atom. The van der Waals surface area contributed by atoms with Gasteiger partial charge in [0.05, 0.1) is 12.1 Å². The topological polar surface area (TPSA) is 50.4 Å². The van der Waals surface area contributed by atoms with Crippen LogP contribution in [-0.2, 0) is 9.53 Å². The van der Waals surface area contributed by atoms with Crippen molar-refractivity contribution in [1.29, 1.82) is 0 Å². The van der Waals surface area contributed by atoms with Crippen LogP contribution < -0.4 is 10.6 Å². The average molecular weight is 226 g/mol. The van der Waals surface area contributed by atoms with E-state index < -0.39 is 0 Å². The number of carbonyl (C=O) groups excluding carboxylic acids is 1. The predicted octanol–water partition coefficient (Wildman–Crippen LogP) is 0.668. The number of nitrogens with one attached hydrogen (secondary N) is 2. The molecule has 1 aliphatic heterocycles. The van der Waals surface area contributed by atoms with E-state index in [2.05, 4.69) is 17.6 Å². The van der Waals surface area contributed by atoms with Crippen molar-refractivity contribution in [3.63, 3.8) is 0 Å². The van der Waals surface area contributed by atoms with Crippen LogP contribution in [0.1, 0.15) is 32.6 Å². The number of methoxy groups -OCH3 is 1. The molecule has 0 aromatic carbocycles. The Bertz CT molecular complexity index is 253. The highest BCUT2D eigenvalue weighted by molar-refractivity contribution is 5.82. The van der Waals surface area contributed by atoms with Crippen molar-refractivity contribution in [3.05, 3.63) is 0 Å². The number of hydrogen-bond acceptors (Lipinski definition) is 3. The van der Waals surface area contributed by atoms with Gasteiger partial charge < -0.3 is 15.4 Å². The van der Waals surface area contributed by atoms with Crippen molar-refractivity contribution < 1.29 is 9.53 Å². The number of amides is 1. The van der Waals surface area contributed by atoms with Crippen LogP contribution in [0.15, 0.2) is 0 Å². The molecule has 92 valence electrons. The first-order chi connectivity index (χ1) is 7.69. The minimum absolute atomic E-state index is 0.0633. The summed E-state index contributed by atoms with van der Waals surface area (Å²) in [6.45, 7) is 2.88. The zero-order chi connectivity index (χ0) is 11.5. The van der Waals surface area contributed by atoms with Crippen molar-refractivity contribution >= 4 is 5.91 Å². The van der Waals surface area contributed by atoms with Gasteiger partial charge in [-0.3, -0.25) is 4.79 Å². The minimum Gasteiger partial charge on any atom is -0.380 e. The van der Waals surface area contributed by atoms with Crippen molar-refractivity contribution in [2.24, 2.45) is 5.92 Å². The standard InChI is InChI=1S/C12H22N2O2/c1-8(5-9-3-4-9)14-12(15)11-6-10(16-2)7-13-11/h8-11,13H,3-7H2,1-2H3,(H,14,15). The van der Waals surface area contributed by atoms with Gasteiger partial charge in [-0.2, -0.15) is 0 Å². The fourth-order valence-corrected chi connectivity index (χ4v) is 2.34.